The molecule has 0 aromatic rings. The van der Waals surface area contributed by atoms with Gasteiger partial charge in [0.25, 0.3) is 0 Å². The van der Waals surface area contributed by atoms with Crippen molar-refractivity contribution in [3.05, 3.63) is 11.1 Å². The number of carbonyl (C=O) groups is 2. The summed E-state index contributed by atoms with van der Waals surface area (Å²) in [6.45, 7) is 10.8. The Kier molecular flexibility index (Phi) is 4.94. The third-order valence-corrected chi connectivity index (χ3v) is 9.24. The molecule has 4 aliphatic rings. The van der Waals surface area contributed by atoms with E-state index in [1.165, 1.54) is 38.5 Å². The van der Waals surface area contributed by atoms with Gasteiger partial charge in [0.05, 0.1) is 0 Å². The molecule has 4 heteroatoms. The summed E-state index contributed by atoms with van der Waals surface area (Å²) in [5.74, 6) is 1.54. The van der Waals surface area contributed by atoms with Crippen LogP contribution in [0.2, 0.25) is 0 Å². The van der Waals surface area contributed by atoms with Gasteiger partial charge in [0.2, 0.25) is 5.91 Å². The van der Waals surface area contributed by atoms with Crippen LogP contribution in [0.3, 0.4) is 0 Å². The van der Waals surface area contributed by atoms with Gasteiger partial charge in [-0.3, -0.25) is 4.79 Å². The molecule has 2 N–H and O–H groups in total. The Balaban J connectivity index is 1.67. The lowest BCUT2D eigenvalue weighted by Crippen LogP contribution is -2.53. The monoisotopic (exact) mass is 401 g/mol. The van der Waals surface area contributed by atoms with Crippen molar-refractivity contribution in [2.45, 2.75) is 97.9 Å². The zero-order chi connectivity index (χ0) is 21.2. The smallest absolute Gasteiger partial charge is 0.332 e. The van der Waals surface area contributed by atoms with Crippen molar-refractivity contribution in [2.24, 2.45) is 34.5 Å². The number of hydrogen-bond acceptors (Lipinski definition) is 2. The topological polar surface area (TPSA) is 66.4 Å². The number of hydrogen-bond donors (Lipinski definition) is 2. The minimum atomic E-state index is -0.903. The van der Waals surface area contributed by atoms with Crippen LogP contribution in [0.5, 0.6) is 0 Å². The molecule has 0 aromatic heterocycles. The highest BCUT2D eigenvalue weighted by atomic mass is 16.4. The molecule has 0 spiro atoms. The number of nitrogens with one attached hydrogen (secondary N) is 1. The second-order valence-electron chi connectivity index (χ2n) is 12.1. The van der Waals surface area contributed by atoms with Crippen LogP contribution in [0, 0.1) is 34.5 Å². The lowest BCUT2D eigenvalue weighted by atomic mass is 9.45. The van der Waals surface area contributed by atoms with Crippen molar-refractivity contribution >= 4 is 11.9 Å². The van der Waals surface area contributed by atoms with E-state index < -0.39 is 5.97 Å². The van der Waals surface area contributed by atoms with E-state index in [-0.39, 0.29) is 16.9 Å². The van der Waals surface area contributed by atoms with Crippen LogP contribution in [-0.2, 0) is 9.59 Å². The Labute approximate surface area is 175 Å². The van der Waals surface area contributed by atoms with Crippen molar-refractivity contribution in [1.82, 2.24) is 5.32 Å². The number of amides is 1. The minimum Gasteiger partial charge on any atom is -0.478 e. The Hall–Kier alpha value is -1.32. The van der Waals surface area contributed by atoms with E-state index in [1.807, 2.05) is 20.8 Å². The Morgan fingerprint density at radius 3 is 2.38 bits per heavy atom. The van der Waals surface area contributed by atoms with Crippen LogP contribution in [0.1, 0.15) is 92.4 Å². The second-order valence-corrected chi connectivity index (χ2v) is 12.1. The fraction of sp³-hybridized carbons (Fsp3) is 0.840. The zero-order valence-corrected chi connectivity index (χ0v) is 18.9. The van der Waals surface area contributed by atoms with Crippen molar-refractivity contribution in [2.75, 3.05) is 0 Å². The van der Waals surface area contributed by atoms with Crippen LogP contribution >= 0.6 is 0 Å². The van der Waals surface area contributed by atoms with Gasteiger partial charge in [-0.15, -0.1) is 0 Å². The molecule has 0 bridgehead atoms. The molecule has 1 unspecified atom stereocenters. The SMILES string of the molecule is CC(C)(C)NC(=O)C1=C(C(=O)O)CC2CC[C@@H]3[C@@H](CC[C@]4(C)CCC[C@@H]34)[C@@]2(C)C1. The van der Waals surface area contributed by atoms with Crippen molar-refractivity contribution in [1.29, 1.82) is 0 Å². The normalized spacial score (nSPS) is 42.0. The lowest BCUT2D eigenvalue weighted by Gasteiger charge is -2.60. The number of aliphatic carboxylic acids is 1. The van der Waals surface area contributed by atoms with Crippen LogP contribution in [-0.4, -0.2) is 22.5 Å². The molecule has 0 heterocycles. The first-order chi connectivity index (χ1) is 13.4. The largest absolute Gasteiger partial charge is 0.478 e. The van der Waals surface area contributed by atoms with Gasteiger partial charge >= 0.3 is 5.97 Å². The first-order valence-corrected chi connectivity index (χ1v) is 11.7. The highest BCUT2D eigenvalue weighted by Gasteiger charge is 2.58. The maximum atomic E-state index is 13.1. The van der Waals surface area contributed by atoms with Gasteiger partial charge in [0, 0.05) is 16.7 Å². The number of carboxylic acids is 1. The molecule has 4 rings (SSSR count). The molecule has 4 nitrogen and oxygen atoms in total. The summed E-state index contributed by atoms with van der Waals surface area (Å²) in [5, 5.41) is 12.9. The average molecular weight is 402 g/mol. The summed E-state index contributed by atoms with van der Waals surface area (Å²) in [6, 6.07) is 0. The van der Waals surface area contributed by atoms with Gasteiger partial charge in [0.1, 0.15) is 0 Å². The van der Waals surface area contributed by atoms with Gasteiger partial charge in [-0.2, -0.15) is 0 Å². The first-order valence-electron chi connectivity index (χ1n) is 11.7. The Morgan fingerprint density at radius 1 is 1.00 bits per heavy atom. The number of fused-ring (bicyclic) bond motifs is 5. The van der Waals surface area contributed by atoms with Crippen molar-refractivity contribution in [3.8, 4) is 0 Å². The third kappa shape index (κ3) is 3.45. The highest BCUT2D eigenvalue weighted by molar-refractivity contribution is 6.02. The van der Waals surface area contributed by atoms with Crippen LogP contribution < -0.4 is 5.32 Å². The summed E-state index contributed by atoms with van der Waals surface area (Å²) < 4.78 is 0. The average Bonchev–Trinajstić information content (AvgIpc) is 3.00. The van der Waals surface area contributed by atoms with E-state index in [0.29, 0.717) is 41.2 Å². The summed E-state index contributed by atoms with van der Waals surface area (Å²) in [6.07, 6.45) is 10.2. The van der Waals surface area contributed by atoms with Crippen LogP contribution in [0.25, 0.3) is 0 Å². The number of rotatable bonds is 2. The van der Waals surface area contributed by atoms with Crippen LogP contribution in [0.15, 0.2) is 11.1 Å². The fourth-order valence-corrected chi connectivity index (χ4v) is 7.85. The summed E-state index contributed by atoms with van der Waals surface area (Å²) in [7, 11) is 0. The molecule has 0 saturated heterocycles. The predicted octanol–water partition coefficient (Wildman–Crippen LogP) is 5.33. The van der Waals surface area contributed by atoms with E-state index in [4.69, 9.17) is 0 Å². The maximum absolute atomic E-state index is 13.1. The van der Waals surface area contributed by atoms with Gasteiger partial charge in [0.15, 0.2) is 0 Å². The molecular formula is C25H39NO3. The summed E-state index contributed by atoms with van der Waals surface area (Å²) >= 11 is 0. The molecule has 0 radical (unpaired) electrons. The quantitative estimate of drug-likeness (QED) is 0.657. The summed E-state index contributed by atoms with van der Waals surface area (Å²) in [4.78, 5) is 25.2. The lowest BCUT2D eigenvalue weighted by molar-refractivity contribution is -0.135. The fourth-order valence-electron chi connectivity index (χ4n) is 7.85. The molecule has 0 aliphatic heterocycles. The van der Waals surface area contributed by atoms with E-state index in [0.717, 1.165) is 18.3 Å². The standard InChI is InChI=1S/C25H39NO3/c1-23(2,3)26-21(27)18-14-25(5)15(13-17(18)22(28)29)8-9-16-19-7-6-11-24(19,4)12-10-20(16)25/h15-16,19-20H,6-14H2,1-5H3,(H,26,27)(H,28,29)/t15?,16-,19-,20+,24-,25-/m0/s1. The first kappa shape index (κ1) is 20.9. The van der Waals surface area contributed by atoms with Gasteiger partial charge < -0.3 is 10.4 Å². The van der Waals surface area contributed by atoms with E-state index >= 15 is 0 Å². The van der Waals surface area contributed by atoms with E-state index in [2.05, 4.69) is 19.2 Å². The van der Waals surface area contributed by atoms with E-state index in [1.54, 1.807) is 0 Å². The van der Waals surface area contributed by atoms with Crippen molar-refractivity contribution in [3.63, 3.8) is 0 Å². The molecule has 4 aliphatic carbocycles. The van der Waals surface area contributed by atoms with Crippen LogP contribution in [0.4, 0.5) is 0 Å². The Bertz CT molecular complexity index is 748. The third-order valence-electron chi connectivity index (χ3n) is 9.24. The van der Waals surface area contributed by atoms with E-state index in [9.17, 15) is 14.7 Å². The minimum absolute atomic E-state index is 0.0519. The molecule has 6 atom stereocenters. The molecule has 1 amide bonds. The van der Waals surface area contributed by atoms with Gasteiger partial charge in [-0.25, -0.2) is 4.79 Å². The molecule has 29 heavy (non-hydrogen) atoms. The number of carboxylic acid groups (broad SMARTS) is 1. The number of carbonyl (C=O) groups excluding carboxylic acids is 1. The molecule has 3 saturated carbocycles. The highest BCUT2D eigenvalue weighted by Crippen LogP contribution is 2.66. The van der Waals surface area contributed by atoms with Gasteiger partial charge in [-0.05, 0) is 107 Å². The van der Waals surface area contributed by atoms with Crippen molar-refractivity contribution < 1.29 is 14.7 Å². The Morgan fingerprint density at radius 2 is 1.72 bits per heavy atom. The molecule has 3 fully saturated rings. The molecule has 0 aromatic carbocycles. The maximum Gasteiger partial charge on any atom is 0.332 e. The zero-order valence-electron chi connectivity index (χ0n) is 18.9. The van der Waals surface area contributed by atoms with Gasteiger partial charge in [-0.1, -0.05) is 20.3 Å². The molecular weight excluding hydrogens is 362 g/mol. The molecule has 162 valence electrons. The second kappa shape index (κ2) is 6.85. The predicted molar refractivity (Wildman–Crippen MR) is 114 cm³/mol. The summed E-state index contributed by atoms with van der Waals surface area (Å²) in [5.41, 5.74) is 1.13.